The minimum absolute atomic E-state index is 0.0995. The van der Waals surface area contributed by atoms with Gasteiger partial charge in [0.2, 0.25) is 0 Å². The van der Waals surface area contributed by atoms with Crippen molar-refractivity contribution in [2.24, 2.45) is 0 Å². The van der Waals surface area contributed by atoms with E-state index in [1.54, 1.807) is 0 Å². The highest BCUT2D eigenvalue weighted by Gasteiger charge is 2.24. The largest absolute Gasteiger partial charge is 0.376 e. The van der Waals surface area contributed by atoms with Crippen molar-refractivity contribution in [3.05, 3.63) is 35.9 Å². The number of ether oxygens (including phenoxy) is 2. The third kappa shape index (κ3) is 3.93. The molecule has 2 fully saturated rings. The second-order valence-electron chi connectivity index (χ2n) is 5.54. The van der Waals surface area contributed by atoms with Crippen molar-refractivity contribution in [1.29, 1.82) is 0 Å². The second kappa shape index (κ2) is 7.20. The standard InChI is InChI=1S/C16H22N2O2S/c21-16(17-11-14-7-4-9-19-14)18-8-10-20-15(12-18)13-5-2-1-3-6-13/h1-3,5-6,14-15H,4,7-12H2,(H,17,21). The van der Waals surface area contributed by atoms with Crippen LogP contribution in [0.25, 0.3) is 0 Å². The first-order valence-corrected chi connectivity index (χ1v) is 8.04. The molecule has 0 saturated carbocycles. The third-order valence-electron chi connectivity index (χ3n) is 4.03. The lowest BCUT2D eigenvalue weighted by Gasteiger charge is -2.35. The average Bonchev–Trinajstić information content (AvgIpc) is 3.07. The molecule has 2 unspecified atom stereocenters. The third-order valence-corrected chi connectivity index (χ3v) is 4.43. The second-order valence-corrected chi connectivity index (χ2v) is 5.92. The van der Waals surface area contributed by atoms with E-state index in [0.717, 1.165) is 44.2 Å². The molecule has 0 spiro atoms. The Kier molecular flexibility index (Phi) is 5.06. The molecule has 2 aliphatic rings. The summed E-state index contributed by atoms with van der Waals surface area (Å²) < 4.78 is 11.5. The lowest BCUT2D eigenvalue weighted by atomic mass is 10.1. The molecule has 1 aromatic carbocycles. The monoisotopic (exact) mass is 306 g/mol. The summed E-state index contributed by atoms with van der Waals surface area (Å²) in [5.41, 5.74) is 1.21. The summed E-state index contributed by atoms with van der Waals surface area (Å²) >= 11 is 5.52. The van der Waals surface area contributed by atoms with Crippen molar-refractivity contribution in [3.8, 4) is 0 Å². The molecule has 5 heteroatoms. The summed E-state index contributed by atoms with van der Waals surface area (Å²) in [5, 5.41) is 4.16. The molecule has 0 amide bonds. The van der Waals surface area contributed by atoms with Gasteiger partial charge in [0.25, 0.3) is 0 Å². The Labute approximate surface area is 131 Å². The van der Waals surface area contributed by atoms with E-state index in [4.69, 9.17) is 21.7 Å². The number of hydrogen-bond acceptors (Lipinski definition) is 3. The molecule has 1 aromatic rings. The van der Waals surface area contributed by atoms with Gasteiger partial charge in [-0.3, -0.25) is 0 Å². The zero-order valence-electron chi connectivity index (χ0n) is 12.2. The number of hydrogen-bond donors (Lipinski definition) is 1. The normalized spacial score (nSPS) is 25.8. The molecular weight excluding hydrogens is 284 g/mol. The highest BCUT2D eigenvalue weighted by Crippen LogP contribution is 2.22. The van der Waals surface area contributed by atoms with Gasteiger partial charge in [0.05, 0.1) is 19.3 Å². The Morgan fingerprint density at radius 2 is 2.10 bits per heavy atom. The molecular formula is C16H22N2O2S. The topological polar surface area (TPSA) is 33.7 Å². The Morgan fingerprint density at radius 1 is 1.24 bits per heavy atom. The Bertz CT molecular complexity index is 463. The minimum atomic E-state index is 0.0995. The van der Waals surface area contributed by atoms with E-state index in [1.807, 2.05) is 18.2 Å². The SMILES string of the molecule is S=C(NCC1CCCO1)N1CCOC(c2ccccc2)C1. The van der Waals surface area contributed by atoms with Gasteiger partial charge in [-0.1, -0.05) is 30.3 Å². The lowest BCUT2D eigenvalue weighted by Crippen LogP contribution is -2.48. The summed E-state index contributed by atoms with van der Waals surface area (Å²) in [5.74, 6) is 0. The van der Waals surface area contributed by atoms with Crippen molar-refractivity contribution in [2.75, 3.05) is 32.8 Å². The van der Waals surface area contributed by atoms with E-state index in [2.05, 4.69) is 22.3 Å². The summed E-state index contributed by atoms with van der Waals surface area (Å²) in [6.07, 6.45) is 2.70. The molecule has 2 atom stereocenters. The van der Waals surface area contributed by atoms with Crippen LogP contribution in [0.15, 0.2) is 30.3 Å². The first-order valence-electron chi connectivity index (χ1n) is 7.64. The predicted molar refractivity (Wildman–Crippen MR) is 86.3 cm³/mol. The number of morpholine rings is 1. The van der Waals surface area contributed by atoms with E-state index in [0.29, 0.717) is 12.7 Å². The van der Waals surface area contributed by atoms with Gasteiger partial charge in [-0.05, 0) is 30.6 Å². The van der Waals surface area contributed by atoms with Crippen LogP contribution in [0.3, 0.4) is 0 Å². The smallest absolute Gasteiger partial charge is 0.169 e. The van der Waals surface area contributed by atoms with Crippen LogP contribution in [0.2, 0.25) is 0 Å². The summed E-state index contributed by atoms with van der Waals surface area (Å²) in [7, 11) is 0. The molecule has 114 valence electrons. The summed E-state index contributed by atoms with van der Waals surface area (Å²) in [4.78, 5) is 2.20. The highest BCUT2D eigenvalue weighted by molar-refractivity contribution is 7.80. The summed E-state index contributed by atoms with van der Waals surface area (Å²) in [6, 6.07) is 10.3. The number of rotatable bonds is 3. The van der Waals surface area contributed by atoms with Crippen LogP contribution in [0.1, 0.15) is 24.5 Å². The average molecular weight is 306 g/mol. The van der Waals surface area contributed by atoms with Crippen LogP contribution in [-0.4, -0.2) is 49.0 Å². The van der Waals surface area contributed by atoms with Crippen molar-refractivity contribution >= 4 is 17.3 Å². The van der Waals surface area contributed by atoms with Crippen LogP contribution < -0.4 is 5.32 Å². The molecule has 2 aliphatic heterocycles. The minimum Gasteiger partial charge on any atom is -0.376 e. The van der Waals surface area contributed by atoms with Gasteiger partial charge >= 0.3 is 0 Å². The molecule has 0 aromatic heterocycles. The highest BCUT2D eigenvalue weighted by atomic mass is 32.1. The van der Waals surface area contributed by atoms with Crippen LogP contribution in [-0.2, 0) is 9.47 Å². The Hall–Kier alpha value is -1.17. The number of nitrogens with zero attached hydrogens (tertiary/aromatic N) is 1. The van der Waals surface area contributed by atoms with Crippen LogP contribution >= 0.6 is 12.2 Å². The first-order chi connectivity index (χ1) is 10.3. The van der Waals surface area contributed by atoms with Gasteiger partial charge in [-0.15, -0.1) is 0 Å². The number of benzene rings is 1. The van der Waals surface area contributed by atoms with Gasteiger partial charge in [0, 0.05) is 19.7 Å². The fourth-order valence-electron chi connectivity index (χ4n) is 2.82. The summed E-state index contributed by atoms with van der Waals surface area (Å²) in [6.45, 7) is 4.06. The van der Waals surface area contributed by atoms with E-state index in [1.165, 1.54) is 5.56 Å². The van der Waals surface area contributed by atoms with Gasteiger partial charge < -0.3 is 19.7 Å². The maximum Gasteiger partial charge on any atom is 0.169 e. The van der Waals surface area contributed by atoms with Crippen LogP contribution in [0, 0.1) is 0 Å². The number of nitrogens with one attached hydrogen (secondary N) is 1. The van der Waals surface area contributed by atoms with Crippen molar-refractivity contribution in [3.63, 3.8) is 0 Å². The quantitative estimate of drug-likeness (QED) is 0.865. The molecule has 0 bridgehead atoms. The zero-order valence-corrected chi connectivity index (χ0v) is 13.0. The Balaban J connectivity index is 1.51. The van der Waals surface area contributed by atoms with Crippen molar-refractivity contribution < 1.29 is 9.47 Å². The Morgan fingerprint density at radius 3 is 2.86 bits per heavy atom. The van der Waals surface area contributed by atoms with Gasteiger partial charge in [0.15, 0.2) is 5.11 Å². The molecule has 2 saturated heterocycles. The van der Waals surface area contributed by atoms with E-state index in [9.17, 15) is 0 Å². The molecule has 3 rings (SSSR count). The van der Waals surface area contributed by atoms with Crippen molar-refractivity contribution in [2.45, 2.75) is 25.0 Å². The van der Waals surface area contributed by atoms with E-state index in [-0.39, 0.29) is 6.10 Å². The maximum absolute atomic E-state index is 5.87. The first kappa shape index (κ1) is 14.8. The van der Waals surface area contributed by atoms with Gasteiger partial charge in [-0.2, -0.15) is 0 Å². The number of thiocarbonyl (C=S) groups is 1. The van der Waals surface area contributed by atoms with Gasteiger partial charge in [0.1, 0.15) is 6.10 Å². The van der Waals surface area contributed by atoms with Gasteiger partial charge in [-0.25, -0.2) is 0 Å². The fourth-order valence-corrected chi connectivity index (χ4v) is 3.07. The predicted octanol–water partition coefficient (Wildman–Crippen LogP) is 2.11. The fraction of sp³-hybridized carbons (Fsp3) is 0.562. The molecule has 1 N–H and O–H groups in total. The maximum atomic E-state index is 5.87. The van der Waals surface area contributed by atoms with Crippen LogP contribution in [0.4, 0.5) is 0 Å². The zero-order chi connectivity index (χ0) is 14.5. The molecule has 0 radical (unpaired) electrons. The van der Waals surface area contributed by atoms with Crippen LogP contribution in [0.5, 0.6) is 0 Å². The van der Waals surface area contributed by atoms with E-state index < -0.39 is 0 Å². The molecule has 2 heterocycles. The molecule has 0 aliphatic carbocycles. The lowest BCUT2D eigenvalue weighted by molar-refractivity contribution is -0.00732. The molecule has 21 heavy (non-hydrogen) atoms. The van der Waals surface area contributed by atoms with Crippen molar-refractivity contribution in [1.82, 2.24) is 10.2 Å². The molecule has 4 nitrogen and oxygen atoms in total. The van der Waals surface area contributed by atoms with E-state index >= 15 is 0 Å².